The van der Waals surface area contributed by atoms with E-state index in [9.17, 15) is 9.90 Å². The Balaban J connectivity index is 1.25. The molecule has 0 radical (unpaired) electrons. The lowest BCUT2D eigenvalue weighted by Crippen LogP contribution is -2.19. The fourth-order valence-corrected chi connectivity index (χ4v) is 5.18. The molecule has 6 heteroatoms. The number of carboxylic acids is 1. The molecule has 5 nitrogen and oxygen atoms in total. The fraction of sp³-hybridized carbons (Fsp3) is 0.156. The van der Waals surface area contributed by atoms with E-state index in [1.54, 1.807) is 0 Å². The highest BCUT2D eigenvalue weighted by Gasteiger charge is 2.51. The molecule has 1 aliphatic carbocycles. The second-order valence-electron chi connectivity index (χ2n) is 9.79. The minimum absolute atomic E-state index is 0.581. The zero-order valence-corrected chi connectivity index (χ0v) is 21.6. The molecule has 1 N–H and O–H groups in total. The summed E-state index contributed by atoms with van der Waals surface area (Å²) >= 11 is 6.40. The van der Waals surface area contributed by atoms with Crippen LogP contribution in [0.5, 0.6) is 0 Å². The highest BCUT2D eigenvalue weighted by molar-refractivity contribution is 6.33. The van der Waals surface area contributed by atoms with Gasteiger partial charge in [-0.2, -0.15) is 0 Å². The first kappa shape index (κ1) is 24.1. The van der Waals surface area contributed by atoms with Gasteiger partial charge in [0.25, 0.3) is 0 Å². The Kier molecular flexibility index (Phi) is 6.09. The molecule has 5 aromatic rings. The molecule has 0 aliphatic heterocycles. The highest BCUT2D eigenvalue weighted by Crippen LogP contribution is 2.48. The van der Waals surface area contributed by atoms with Crippen molar-refractivity contribution in [3.05, 3.63) is 119 Å². The number of carbonyl (C=O) groups is 1. The second kappa shape index (κ2) is 9.58. The summed E-state index contributed by atoms with van der Waals surface area (Å²) in [6.45, 7) is 1.94. The van der Waals surface area contributed by atoms with E-state index in [0.717, 1.165) is 56.2 Å². The molecule has 1 aliphatic rings. The first-order chi connectivity index (χ1) is 18.4. The van der Waals surface area contributed by atoms with Crippen molar-refractivity contribution in [1.29, 1.82) is 0 Å². The molecule has 6 rings (SSSR count). The van der Waals surface area contributed by atoms with Crippen LogP contribution in [0.1, 0.15) is 35.4 Å². The molecule has 38 heavy (non-hydrogen) atoms. The van der Waals surface area contributed by atoms with Crippen LogP contribution in [0.15, 0.2) is 95.5 Å². The number of pyridine rings is 1. The Morgan fingerprint density at radius 1 is 0.895 bits per heavy atom. The van der Waals surface area contributed by atoms with Gasteiger partial charge in [-0.05, 0) is 54.7 Å². The summed E-state index contributed by atoms with van der Waals surface area (Å²) in [6, 6.07) is 29.7. The summed E-state index contributed by atoms with van der Waals surface area (Å²) < 4.78 is 5.76. The molecule has 2 heterocycles. The lowest BCUT2D eigenvalue weighted by Gasteiger charge is -2.11. The third-order valence-electron chi connectivity index (χ3n) is 7.38. The Hall–Kier alpha value is -4.22. The standard InChI is InChI=1S/C32H25ClN2O3/c1-20-27(19-25-5-4-8-29(34-25)26-6-2-3-7-28(26)33)30(38-35-20)23-11-9-21(10-12-23)22-13-15-24(16-14-22)32(17-18-32)31(36)37/h2-16H,17-19H2,1H3,(H,36,37). The van der Waals surface area contributed by atoms with Crippen molar-refractivity contribution in [3.8, 4) is 33.7 Å². The number of benzene rings is 3. The summed E-state index contributed by atoms with van der Waals surface area (Å²) in [5.74, 6) is -0.00924. The smallest absolute Gasteiger partial charge is 0.314 e. The lowest BCUT2D eigenvalue weighted by atomic mass is 9.93. The zero-order chi connectivity index (χ0) is 26.3. The molecule has 0 spiro atoms. The van der Waals surface area contributed by atoms with E-state index < -0.39 is 11.4 Å². The Morgan fingerprint density at radius 2 is 1.55 bits per heavy atom. The number of aliphatic carboxylic acids is 1. The van der Waals surface area contributed by atoms with Crippen LogP contribution in [0.25, 0.3) is 33.7 Å². The number of hydrogen-bond acceptors (Lipinski definition) is 4. The molecular weight excluding hydrogens is 496 g/mol. The molecule has 0 amide bonds. The Bertz CT molecular complexity index is 1630. The minimum atomic E-state index is -0.737. The maximum Gasteiger partial charge on any atom is 0.314 e. The third-order valence-corrected chi connectivity index (χ3v) is 7.71. The largest absolute Gasteiger partial charge is 0.481 e. The van der Waals surface area contributed by atoms with E-state index in [2.05, 4.69) is 5.16 Å². The van der Waals surface area contributed by atoms with Gasteiger partial charge in [0.2, 0.25) is 0 Å². The molecule has 3 aromatic carbocycles. The van der Waals surface area contributed by atoms with Gasteiger partial charge in [-0.1, -0.05) is 89.6 Å². The minimum Gasteiger partial charge on any atom is -0.481 e. The lowest BCUT2D eigenvalue weighted by molar-refractivity contribution is -0.140. The van der Waals surface area contributed by atoms with Crippen LogP contribution in [0.4, 0.5) is 0 Å². The average Bonchev–Trinajstić information content (AvgIpc) is 3.69. The number of halogens is 1. The van der Waals surface area contributed by atoms with E-state index in [1.807, 2.05) is 97.9 Å². The summed E-state index contributed by atoms with van der Waals surface area (Å²) in [5.41, 5.74) is 7.67. The first-order valence-corrected chi connectivity index (χ1v) is 12.9. The number of aryl methyl sites for hydroxylation is 1. The number of nitrogens with zero attached hydrogens (tertiary/aromatic N) is 2. The molecule has 1 fully saturated rings. The maximum atomic E-state index is 11.6. The van der Waals surface area contributed by atoms with Gasteiger partial charge < -0.3 is 9.63 Å². The number of carboxylic acid groups (broad SMARTS) is 1. The SMILES string of the molecule is Cc1noc(-c2ccc(-c3ccc(C4(C(=O)O)CC4)cc3)cc2)c1Cc1cccc(-c2ccccc2Cl)n1. The molecule has 2 aromatic heterocycles. The number of aromatic nitrogens is 2. The predicted octanol–water partition coefficient (Wildman–Crippen LogP) is 7.74. The number of rotatable bonds is 7. The molecule has 0 atom stereocenters. The van der Waals surface area contributed by atoms with Crippen LogP contribution in [0.3, 0.4) is 0 Å². The van der Waals surface area contributed by atoms with Gasteiger partial charge in [-0.25, -0.2) is 0 Å². The van der Waals surface area contributed by atoms with Crippen molar-refractivity contribution in [2.45, 2.75) is 31.6 Å². The molecule has 0 unspecified atom stereocenters. The fourth-order valence-electron chi connectivity index (χ4n) is 4.95. The molecule has 0 bridgehead atoms. The van der Waals surface area contributed by atoms with Gasteiger partial charge in [0.1, 0.15) is 0 Å². The van der Waals surface area contributed by atoms with E-state index >= 15 is 0 Å². The zero-order valence-electron chi connectivity index (χ0n) is 20.8. The Morgan fingerprint density at radius 3 is 2.21 bits per heavy atom. The number of hydrogen-bond donors (Lipinski definition) is 1. The van der Waals surface area contributed by atoms with Crippen molar-refractivity contribution in [1.82, 2.24) is 10.1 Å². The quantitative estimate of drug-likeness (QED) is 0.237. The van der Waals surface area contributed by atoms with Crippen LogP contribution in [-0.4, -0.2) is 21.2 Å². The van der Waals surface area contributed by atoms with Crippen LogP contribution in [0.2, 0.25) is 5.02 Å². The van der Waals surface area contributed by atoms with Gasteiger partial charge >= 0.3 is 5.97 Å². The molecule has 1 saturated carbocycles. The first-order valence-electron chi connectivity index (χ1n) is 12.6. The van der Waals surface area contributed by atoms with E-state index in [1.165, 1.54) is 0 Å². The maximum absolute atomic E-state index is 11.6. The predicted molar refractivity (Wildman–Crippen MR) is 148 cm³/mol. The van der Waals surface area contributed by atoms with E-state index in [0.29, 0.717) is 24.3 Å². The van der Waals surface area contributed by atoms with Gasteiger partial charge in [0.15, 0.2) is 5.76 Å². The Labute approximate surface area is 225 Å². The second-order valence-corrected chi connectivity index (χ2v) is 10.2. The van der Waals surface area contributed by atoms with Crippen LogP contribution >= 0.6 is 11.6 Å². The van der Waals surface area contributed by atoms with E-state index in [4.69, 9.17) is 21.1 Å². The molecule has 0 saturated heterocycles. The topological polar surface area (TPSA) is 76.2 Å². The summed E-state index contributed by atoms with van der Waals surface area (Å²) in [6.07, 6.45) is 1.99. The van der Waals surface area contributed by atoms with Crippen LogP contribution in [0, 0.1) is 6.92 Å². The normalized spacial score (nSPS) is 13.8. The van der Waals surface area contributed by atoms with Crippen molar-refractivity contribution in [2.75, 3.05) is 0 Å². The van der Waals surface area contributed by atoms with Gasteiger partial charge in [0, 0.05) is 33.8 Å². The van der Waals surface area contributed by atoms with Crippen molar-refractivity contribution in [3.63, 3.8) is 0 Å². The average molecular weight is 521 g/mol. The summed E-state index contributed by atoms with van der Waals surface area (Å²) in [4.78, 5) is 16.5. The third kappa shape index (κ3) is 4.39. The van der Waals surface area contributed by atoms with Crippen molar-refractivity contribution >= 4 is 17.6 Å². The van der Waals surface area contributed by atoms with Crippen LogP contribution < -0.4 is 0 Å². The molecule has 188 valence electrons. The molecular formula is C32H25ClN2O3. The van der Waals surface area contributed by atoms with Crippen molar-refractivity contribution in [2.24, 2.45) is 0 Å². The van der Waals surface area contributed by atoms with Crippen LogP contribution in [-0.2, 0) is 16.6 Å². The van der Waals surface area contributed by atoms with Gasteiger partial charge in [0.05, 0.1) is 16.8 Å². The highest BCUT2D eigenvalue weighted by atomic mass is 35.5. The van der Waals surface area contributed by atoms with Gasteiger partial charge in [-0.15, -0.1) is 0 Å². The van der Waals surface area contributed by atoms with E-state index in [-0.39, 0.29) is 0 Å². The monoisotopic (exact) mass is 520 g/mol. The summed E-state index contributed by atoms with van der Waals surface area (Å²) in [5, 5.41) is 14.5. The van der Waals surface area contributed by atoms with Crippen molar-refractivity contribution < 1.29 is 14.4 Å². The van der Waals surface area contributed by atoms with Gasteiger partial charge in [-0.3, -0.25) is 9.78 Å². The summed E-state index contributed by atoms with van der Waals surface area (Å²) in [7, 11) is 0.